The largest absolute Gasteiger partial charge is 0.374 e. The molecular formula is C48H50N6O3. The molecular weight excluding hydrogens is 709 g/mol. The molecule has 1 aliphatic carbocycles. The van der Waals surface area contributed by atoms with Crippen LogP contribution in [0.3, 0.4) is 0 Å². The standard InChI is InChI=1S/C48H50N6O3/c1-28-13-29(2)17-34(16-28)43-10-7-40(25-49-43)52-46(55)37-22-38(47(56)53-41-8-11-44(50-26-41)35-18-30(3)14-31(4)19-35)24-39(23-37)48(57)54-42-9-12-45(51-27-42)36-20-32(5)15-33(6)21-36/h7-21,25-27,37-39,46,52,55H,22-24H2,1-6H3,(H,53,56)(H,54,57). The van der Waals surface area contributed by atoms with Crippen LogP contribution >= 0.6 is 0 Å². The van der Waals surface area contributed by atoms with Gasteiger partial charge in [-0.25, -0.2) is 0 Å². The zero-order valence-corrected chi connectivity index (χ0v) is 33.4. The predicted octanol–water partition coefficient (Wildman–Crippen LogP) is 9.76. The molecule has 4 N–H and O–H groups in total. The maximum atomic E-state index is 13.9. The van der Waals surface area contributed by atoms with Crippen LogP contribution < -0.4 is 16.0 Å². The molecule has 290 valence electrons. The molecule has 0 saturated heterocycles. The number of amides is 2. The maximum absolute atomic E-state index is 13.9. The number of hydrogen-bond acceptors (Lipinski definition) is 7. The normalized spacial score (nSPS) is 17.1. The molecule has 3 heterocycles. The number of nitrogens with one attached hydrogen (secondary N) is 3. The molecule has 9 heteroatoms. The first-order chi connectivity index (χ1) is 27.3. The van der Waals surface area contributed by atoms with Crippen LogP contribution in [0.5, 0.6) is 0 Å². The first-order valence-electron chi connectivity index (χ1n) is 19.6. The zero-order valence-electron chi connectivity index (χ0n) is 33.4. The van der Waals surface area contributed by atoms with Crippen molar-refractivity contribution in [3.63, 3.8) is 0 Å². The summed E-state index contributed by atoms with van der Waals surface area (Å²) in [7, 11) is 0. The van der Waals surface area contributed by atoms with E-state index in [1.54, 1.807) is 18.6 Å². The Morgan fingerprint density at radius 2 is 0.842 bits per heavy atom. The van der Waals surface area contributed by atoms with Gasteiger partial charge in [0.25, 0.3) is 0 Å². The van der Waals surface area contributed by atoms with Gasteiger partial charge in [0.2, 0.25) is 11.8 Å². The maximum Gasteiger partial charge on any atom is 0.227 e. The first kappa shape index (κ1) is 39.1. The van der Waals surface area contributed by atoms with Crippen molar-refractivity contribution >= 4 is 28.9 Å². The molecule has 57 heavy (non-hydrogen) atoms. The van der Waals surface area contributed by atoms with Gasteiger partial charge in [-0.2, -0.15) is 0 Å². The second kappa shape index (κ2) is 16.9. The molecule has 1 aliphatic rings. The summed E-state index contributed by atoms with van der Waals surface area (Å²) in [5.74, 6) is -1.91. The number of aliphatic hydroxyl groups excluding tert-OH is 1. The third-order valence-corrected chi connectivity index (χ3v) is 10.6. The average molecular weight is 759 g/mol. The molecule has 7 rings (SSSR count). The van der Waals surface area contributed by atoms with Crippen LogP contribution in [-0.4, -0.2) is 38.1 Å². The lowest BCUT2D eigenvalue weighted by atomic mass is 9.73. The second-order valence-electron chi connectivity index (χ2n) is 15.9. The molecule has 1 saturated carbocycles. The summed E-state index contributed by atoms with van der Waals surface area (Å²) in [5.41, 5.74) is 14.3. The molecule has 3 unspecified atom stereocenters. The minimum Gasteiger partial charge on any atom is -0.374 e. The Morgan fingerprint density at radius 3 is 1.16 bits per heavy atom. The number of aryl methyl sites for hydroxylation is 6. The van der Waals surface area contributed by atoms with Gasteiger partial charge in [-0.05, 0) is 134 Å². The highest BCUT2D eigenvalue weighted by atomic mass is 16.3. The smallest absolute Gasteiger partial charge is 0.227 e. The van der Waals surface area contributed by atoms with E-state index in [4.69, 9.17) is 0 Å². The lowest BCUT2D eigenvalue weighted by molar-refractivity contribution is -0.126. The molecule has 3 atom stereocenters. The number of aromatic nitrogens is 3. The summed E-state index contributed by atoms with van der Waals surface area (Å²) in [5, 5.41) is 20.9. The highest BCUT2D eigenvalue weighted by Gasteiger charge is 2.39. The van der Waals surface area contributed by atoms with Gasteiger partial charge in [-0.15, -0.1) is 0 Å². The van der Waals surface area contributed by atoms with Crippen LogP contribution in [0, 0.1) is 59.3 Å². The number of carbonyl (C=O) groups is 2. The molecule has 6 aromatic rings. The van der Waals surface area contributed by atoms with Gasteiger partial charge in [-0.1, -0.05) is 51.6 Å². The highest BCUT2D eigenvalue weighted by molar-refractivity contribution is 5.95. The van der Waals surface area contributed by atoms with Crippen molar-refractivity contribution in [3.8, 4) is 33.8 Å². The van der Waals surface area contributed by atoms with Crippen molar-refractivity contribution < 1.29 is 14.7 Å². The lowest BCUT2D eigenvalue weighted by Crippen LogP contribution is -2.42. The van der Waals surface area contributed by atoms with Crippen LogP contribution in [0.1, 0.15) is 52.6 Å². The number of hydrogen-bond donors (Lipinski definition) is 4. The number of nitrogens with zero attached hydrogens (tertiary/aromatic N) is 3. The number of benzene rings is 3. The number of aliphatic hydroxyl groups is 1. The van der Waals surface area contributed by atoms with Crippen molar-refractivity contribution in [2.45, 2.75) is 67.0 Å². The molecule has 0 radical (unpaired) electrons. The minimum absolute atomic E-state index is 0.218. The Bertz CT molecular complexity index is 2210. The van der Waals surface area contributed by atoms with Crippen LogP contribution in [0.15, 0.2) is 110 Å². The number of rotatable bonds is 10. The number of pyridine rings is 3. The molecule has 2 amide bonds. The Kier molecular flexibility index (Phi) is 11.6. The quantitative estimate of drug-likeness (QED) is 0.102. The summed E-state index contributed by atoms with van der Waals surface area (Å²) in [6.07, 6.45) is 5.11. The van der Waals surface area contributed by atoms with Crippen molar-refractivity contribution in [3.05, 3.63) is 143 Å². The average Bonchev–Trinajstić information content (AvgIpc) is 3.17. The fraction of sp³-hybridized carbons (Fsp3) is 0.271. The van der Waals surface area contributed by atoms with Gasteiger partial charge in [0, 0.05) is 34.4 Å². The monoisotopic (exact) mass is 758 g/mol. The molecule has 1 fully saturated rings. The van der Waals surface area contributed by atoms with Crippen molar-refractivity contribution in [2.24, 2.45) is 17.8 Å². The summed E-state index contributed by atoms with van der Waals surface area (Å²) in [4.78, 5) is 41.8. The van der Waals surface area contributed by atoms with E-state index in [0.29, 0.717) is 36.3 Å². The van der Waals surface area contributed by atoms with Gasteiger partial charge in [-0.3, -0.25) is 24.5 Å². The fourth-order valence-corrected chi connectivity index (χ4v) is 8.12. The van der Waals surface area contributed by atoms with Crippen LogP contribution in [0.25, 0.3) is 33.8 Å². The van der Waals surface area contributed by atoms with E-state index in [1.165, 1.54) is 0 Å². The Balaban J connectivity index is 1.07. The van der Waals surface area contributed by atoms with Gasteiger partial charge >= 0.3 is 0 Å². The Labute approximate surface area is 335 Å². The second-order valence-corrected chi connectivity index (χ2v) is 15.9. The van der Waals surface area contributed by atoms with Gasteiger partial charge in [0.05, 0.1) is 52.7 Å². The highest BCUT2D eigenvalue weighted by Crippen LogP contribution is 2.37. The van der Waals surface area contributed by atoms with Crippen LogP contribution in [-0.2, 0) is 9.59 Å². The molecule has 0 spiro atoms. The Morgan fingerprint density at radius 1 is 0.509 bits per heavy atom. The van der Waals surface area contributed by atoms with E-state index in [2.05, 4.69) is 127 Å². The topological polar surface area (TPSA) is 129 Å². The van der Waals surface area contributed by atoms with Gasteiger partial charge in [0.15, 0.2) is 0 Å². The molecule has 0 bridgehead atoms. The molecule has 0 aliphatic heterocycles. The van der Waals surface area contributed by atoms with Crippen molar-refractivity contribution in [2.75, 3.05) is 16.0 Å². The van der Waals surface area contributed by atoms with Crippen molar-refractivity contribution in [1.29, 1.82) is 0 Å². The fourth-order valence-electron chi connectivity index (χ4n) is 8.12. The number of anilines is 3. The van der Waals surface area contributed by atoms with E-state index in [1.807, 2.05) is 36.4 Å². The van der Waals surface area contributed by atoms with Crippen LogP contribution in [0.2, 0.25) is 0 Å². The summed E-state index contributed by atoms with van der Waals surface area (Å²) in [6, 6.07) is 30.2. The Hall–Kier alpha value is -6.19. The lowest BCUT2D eigenvalue weighted by Gasteiger charge is -2.36. The third-order valence-electron chi connectivity index (χ3n) is 10.6. The van der Waals surface area contributed by atoms with E-state index in [0.717, 1.165) is 67.2 Å². The van der Waals surface area contributed by atoms with E-state index in [-0.39, 0.29) is 11.8 Å². The summed E-state index contributed by atoms with van der Waals surface area (Å²) < 4.78 is 0. The summed E-state index contributed by atoms with van der Waals surface area (Å²) >= 11 is 0. The van der Waals surface area contributed by atoms with E-state index >= 15 is 0 Å². The first-order valence-corrected chi connectivity index (χ1v) is 19.6. The van der Waals surface area contributed by atoms with Crippen molar-refractivity contribution in [1.82, 2.24) is 15.0 Å². The minimum atomic E-state index is -1.03. The van der Waals surface area contributed by atoms with Gasteiger partial charge in [0.1, 0.15) is 6.23 Å². The molecule has 3 aromatic carbocycles. The zero-order chi connectivity index (χ0) is 40.2. The van der Waals surface area contributed by atoms with E-state index < -0.39 is 24.0 Å². The SMILES string of the molecule is Cc1cc(C)cc(-c2ccc(NC(=O)C3CC(C(=O)Nc4ccc(-c5cc(C)cc(C)c5)nc4)CC(C(O)Nc4ccc(-c5cc(C)cc(C)c5)nc4)C3)cn2)c1. The third kappa shape index (κ3) is 9.80. The predicted molar refractivity (Wildman–Crippen MR) is 229 cm³/mol. The van der Waals surface area contributed by atoms with Gasteiger partial charge < -0.3 is 21.1 Å². The molecule has 9 nitrogen and oxygen atoms in total. The van der Waals surface area contributed by atoms with E-state index in [9.17, 15) is 14.7 Å². The number of carbonyl (C=O) groups excluding carboxylic acids is 2. The summed E-state index contributed by atoms with van der Waals surface area (Å²) in [6.45, 7) is 12.4. The molecule has 3 aromatic heterocycles. The van der Waals surface area contributed by atoms with Crippen LogP contribution in [0.4, 0.5) is 17.1 Å².